The minimum absolute atomic E-state index is 0.00600. The molecule has 1 aliphatic rings. The van der Waals surface area contributed by atoms with Crippen molar-refractivity contribution in [1.82, 2.24) is 4.90 Å². The van der Waals surface area contributed by atoms with Crippen molar-refractivity contribution in [1.29, 1.82) is 0 Å². The number of aliphatic hydroxyl groups excluding tert-OH is 1. The molecule has 140 valence electrons. The van der Waals surface area contributed by atoms with Crippen molar-refractivity contribution >= 4 is 19.4 Å². The van der Waals surface area contributed by atoms with Crippen LogP contribution in [0.1, 0.15) is 43.4 Å². The number of cyclic esters (lactones) is 1. The summed E-state index contributed by atoms with van der Waals surface area (Å²) in [6.45, 7) is 2.46. The fourth-order valence-electron chi connectivity index (χ4n) is 3.62. The number of rotatable bonds is 6. The number of benzene rings is 2. The molecule has 2 aromatic rings. The van der Waals surface area contributed by atoms with Crippen LogP contribution in [0.4, 0.5) is 9.18 Å². The summed E-state index contributed by atoms with van der Waals surface area (Å²) in [5.41, 5.74) is 1.56. The first-order valence-electron chi connectivity index (χ1n) is 9.17. The molecule has 0 aromatic heterocycles. The first kappa shape index (κ1) is 19.4. The van der Waals surface area contributed by atoms with Crippen molar-refractivity contribution in [2.75, 3.05) is 13.2 Å². The molecule has 0 unspecified atom stereocenters. The van der Waals surface area contributed by atoms with Gasteiger partial charge >= 0.3 is 6.09 Å². The smallest absolute Gasteiger partial charge is 0.411 e. The molecular formula is C21H23BFNO3. The zero-order valence-corrected chi connectivity index (χ0v) is 15.4. The lowest BCUT2D eigenvalue weighted by atomic mass is 9.84. The molecule has 0 spiro atoms. The van der Waals surface area contributed by atoms with E-state index in [2.05, 4.69) is 0 Å². The normalized spacial score (nSPS) is 21.0. The molecule has 0 saturated carbocycles. The highest BCUT2D eigenvalue weighted by Crippen LogP contribution is 2.40. The van der Waals surface area contributed by atoms with Crippen LogP contribution in [0.5, 0.6) is 0 Å². The van der Waals surface area contributed by atoms with Gasteiger partial charge in [-0.1, -0.05) is 41.9 Å². The maximum Gasteiger partial charge on any atom is 0.411 e. The molecule has 2 radical (unpaired) electrons. The van der Waals surface area contributed by atoms with Crippen molar-refractivity contribution in [2.45, 2.75) is 37.8 Å². The summed E-state index contributed by atoms with van der Waals surface area (Å²) in [4.78, 5) is 14.5. The summed E-state index contributed by atoms with van der Waals surface area (Å²) in [6.07, 6.45) is 1.15. The molecular weight excluding hydrogens is 344 g/mol. The number of carbonyl (C=O) groups is 1. The topological polar surface area (TPSA) is 49.8 Å². The number of carbonyl (C=O) groups excluding carboxylic acids is 1. The van der Waals surface area contributed by atoms with Crippen LogP contribution < -0.4 is 5.46 Å². The van der Waals surface area contributed by atoms with Crippen molar-refractivity contribution < 1.29 is 19.0 Å². The number of halogens is 1. The number of ether oxygens (including phenoxy) is 1. The van der Waals surface area contributed by atoms with Gasteiger partial charge in [0.1, 0.15) is 19.3 Å². The third kappa shape index (κ3) is 4.16. The van der Waals surface area contributed by atoms with Crippen LogP contribution in [0.2, 0.25) is 0 Å². The lowest BCUT2D eigenvalue weighted by Crippen LogP contribution is -2.48. The number of nitrogens with zero attached hydrogens (tertiary/aromatic N) is 1. The molecule has 1 heterocycles. The first-order chi connectivity index (χ1) is 12.9. The predicted molar refractivity (Wildman–Crippen MR) is 102 cm³/mol. The Morgan fingerprint density at radius 1 is 1.22 bits per heavy atom. The van der Waals surface area contributed by atoms with Crippen molar-refractivity contribution in [3.05, 3.63) is 65.5 Å². The van der Waals surface area contributed by atoms with Crippen LogP contribution in [0, 0.1) is 5.82 Å². The van der Waals surface area contributed by atoms with Crippen LogP contribution in [0.3, 0.4) is 0 Å². The van der Waals surface area contributed by atoms with Gasteiger partial charge < -0.3 is 14.7 Å². The Hall–Kier alpha value is -2.34. The Labute approximate surface area is 160 Å². The quantitative estimate of drug-likeness (QED) is 0.798. The number of aliphatic hydroxyl groups is 1. The zero-order chi connectivity index (χ0) is 19.4. The lowest BCUT2D eigenvalue weighted by Gasteiger charge is -2.43. The van der Waals surface area contributed by atoms with E-state index >= 15 is 0 Å². The molecule has 6 heteroatoms. The second-order valence-electron chi connectivity index (χ2n) is 6.98. The van der Waals surface area contributed by atoms with E-state index in [0.717, 1.165) is 11.1 Å². The minimum atomic E-state index is -0.842. The third-order valence-electron chi connectivity index (χ3n) is 5.27. The summed E-state index contributed by atoms with van der Waals surface area (Å²) in [7, 11) is 5.74. The van der Waals surface area contributed by atoms with E-state index in [4.69, 9.17) is 12.6 Å². The second kappa shape index (κ2) is 8.13. The molecule has 4 nitrogen and oxygen atoms in total. The zero-order valence-electron chi connectivity index (χ0n) is 15.4. The van der Waals surface area contributed by atoms with E-state index in [-0.39, 0.29) is 18.5 Å². The van der Waals surface area contributed by atoms with Gasteiger partial charge in [0, 0.05) is 19.6 Å². The largest absolute Gasteiger partial charge is 0.438 e. The molecule has 2 atom stereocenters. The van der Waals surface area contributed by atoms with Gasteiger partial charge in [-0.2, -0.15) is 0 Å². The summed E-state index contributed by atoms with van der Waals surface area (Å²) >= 11 is 0. The molecule has 27 heavy (non-hydrogen) atoms. The molecule has 1 aliphatic heterocycles. The van der Waals surface area contributed by atoms with Gasteiger partial charge in [-0.3, -0.25) is 0 Å². The molecule has 1 saturated heterocycles. The fourth-order valence-corrected chi connectivity index (χ4v) is 3.62. The fraction of sp³-hybridized carbons (Fsp3) is 0.381. The maximum absolute atomic E-state index is 13.3. The Bertz CT molecular complexity index is 781. The summed E-state index contributed by atoms with van der Waals surface area (Å²) in [5.74, 6) is -0.336. The van der Waals surface area contributed by atoms with Crippen LogP contribution in [-0.2, 0) is 10.3 Å². The molecule has 3 rings (SSSR count). The molecule has 2 aromatic carbocycles. The van der Waals surface area contributed by atoms with E-state index in [1.807, 2.05) is 31.2 Å². The average molecular weight is 367 g/mol. The predicted octanol–water partition coefficient (Wildman–Crippen LogP) is 3.19. The van der Waals surface area contributed by atoms with Gasteiger partial charge in [-0.15, -0.1) is 0 Å². The van der Waals surface area contributed by atoms with Gasteiger partial charge in [0.2, 0.25) is 0 Å². The standard InChI is InChI=1S/C21H23BFNO3/c1-15(16-3-7-18(22)8-4-16)24-13-12-21(11-2-14-25,27-20(24)26)17-5-9-19(23)10-6-17/h3-10,15,25H,2,11-14H2,1H3/t15-,21+/m0/s1. The summed E-state index contributed by atoms with van der Waals surface area (Å²) in [6, 6.07) is 13.3. The molecule has 1 amide bonds. The first-order valence-corrected chi connectivity index (χ1v) is 9.17. The lowest BCUT2D eigenvalue weighted by molar-refractivity contribution is -0.0680. The monoisotopic (exact) mass is 367 g/mol. The van der Waals surface area contributed by atoms with Gasteiger partial charge in [-0.05, 0) is 43.0 Å². The Morgan fingerprint density at radius 3 is 2.48 bits per heavy atom. The van der Waals surface area contributed by atoms with Gasteiger partial charge in [0.25, 0.3) is 0 Å². The highest BCUT2D eigenvalue weighted by Gasteiger charge is 2.43. The third-order valence-corrected chi connectivity index (χ3v) is 5.27. The van der Waals surface area contributed by atoms with E-state index in [1.165, 1.54) is 12.1 Å². The van der Waals surface area contributed by atoms with E-state index < -0.39 is 11.7 Å². The van der Waals surface area contributed by atoms with Crippen LogP contribution >= 0.6 is 0 Å². The molecule has 0 aliphatic carbocycles. The maximum atomic E-state index is 13.3. The second-order valence-corrected chi connectivity index (χ2v) is 6.98. The highest BCUT2D eigenvalue weighted by atomic mass is 19.1. The van der Waals surface area contributed by atoms with Crippen LogP contribution in [-0.4, -0.2) is 37.1 Å². The van der Waals surface area contributed by atoms with Crippen LogP contribution in [0.15, 0.2) is 48.5 Å². The average Bonchev–Trinajstić information content (AvgIpc) is 2.67. The number of amides is 1. The Balaban J connectivity index is 1.81. The highest BCUT2D eigenvalue weighted by molar-refractivity contribution is 6.32. The number of hydrogen-bond donors (Lipinski definition) is 1. The van der Waals surface area contributed by atoms with Crippen molar-refractivity contribution in [3.63, 3.8) is 0 Å². The van der Waals surface area contributed by atoms with Gasteiger partial charge in [0.15, 0.2) is 0 Å². The van der Waals surface area contributed by atoms with Crippen molar-refractivity contribution in [2.24, 2.45) is 0 Å². The van der Waals surface area contributed by atoms with Gasteiger partial charge in [0.05, 0.1) is 6.04 Å². The van der Waals surface area contributed by atoms with Crippen LogP contribution in [0.25, 0.3) is 0 Å². The summed E-state index contributed by atoms with van der Waals surface area (Å²) < 4.78 is 19.2. The minimum Gasteiger partial charge on any atom is -0.438 e. The van der Waals surface area contributed by atoms with E-state index in [9.17, 15) is 14.3 Å². The SMILES string of the molecule is [B]c1ccc([C@H](C)N2CC[C@](CCCO)(c3ccc(F)cc3)OC2=O)cc1. The van der Waals surface area contributed by atoms with Crippen molar-refractivity contribution in [3.8, 4) is 0 Å². The molecule has 1 fully saturated rings. The Kier molecular flexibility index (Phi) is 5.85. The molecule has 0 bridgehead atoms. The molecule has 1 N–H and O–H groups in total. The van der Waals surface area contributed by atoms with E-state index in [0.29, 0.717) is 31.3 Å². The Morgan fingerprint density at radius 2 is 1.89 bits per heavy atom. The summed E-state index contributed by atoms with van der Waals surface area (Å²) in [5, 5.41) is 9.26. The number of hydrogen-bond acceptors (Lipinski definition) is 3. The van der Waals surface area contributed by atoms with Gasteiger partial charge in [-0.25, -0.2) is 9.18 Å². The van der Waals surface area contributed by atoms with E-state index in [1.54, 1.807) is 17.0 Å².